The van der Waals surface area contributed by atoms with E-state index in [9.17, 15) is 15.0 Å². The summed E-state index contributed by atoms with van der Waals surface area (Å²) in [4.78, 5) is 13.1. The van der Waals surface area contributed by atoms with Crippen LogP contribution in [0.2, 0.25) is 0 Å². The molecule has 1 aromatic rings. The van der Waals surface area contributed by atoms with Gasteiger partial charge in [-0.1, -0.05) is 36.9 Å². The van der Waals surface area contributed by atoms with Crippen molar-refractivity contribution in [1.29, 1.82) is 0 Å². The molecule has 0 bridgehead atoms. The number of hydrogen-bond acceptors (Lipinski definition) is 4. The largest absolute Gasteiger partial charge is 0.511 e. The van der Waals surface area contributed by atoms with E-state index in [1.54, 1.807) is 0 Å². The SMILES string of the molecule is C=C(O)[C@H]1[C@H](O)[C@@H](NC(C)=O)CN1Cc1ccccc1. The standard InChI is InChI=1S/C15H20N2O3/c1-10(18)14-15(20)13(16-11(2)19)9-17(14)8-12-6-4-3-5-7-12/h3-7,13-15,18,20H,1,8-9H2,2H3,(H,16,19)/t13-,14-,15+/m0/s1. The minimum absolute atomic E-state index is 0.0821. The maximum absolute atomic E-state index is 11.2. The van der Waals surface area contributed by atoms with Gasteiger partial charge in [0.2, 0.25) is 5.91 Å². The number of likely N-dealkylation sites (tertiary alicyclic amines) is 1. The van der Waals surface area contributed by atoms with Gasteiger partial charge in [0.15, 0.2) is 0 Å². The van der Waals surface area contributed by atoms with E-state index in [1.807, 2.05) is 35.2 Å². The van der Waals surface area contributed by atoms with E-state index in [2.05, 4.69) is 11.9 Å². The van der Waals surface area contributed by atoms with E-state index < -0.39 is 18.2 Å². The molecular weight excluding hydrogens is 256 g/mol. The summed E-state index contributed by atoms with van der Waals surface area (Å²) in [6.45, 7) is 6.00. The fourth-order valence-corrected chi connectivity index (χ4v) is 2.69. The molecule has 1 aliphatic rings. The van der Waals surface area contributed by atoms with Crippen LogP contribution in [0, 0.1) is 0 Å². The van der Waals surface area contributed by atoms with Crippen LogP contribution < -0.4 is 5.32 Å². The summed E-state index contributed by atoms with van der Waals surface area (Å²) < 4.78 is 0. The molecular formula is C15H20N2O3. The maximum Gasteiger partial charge on any atom is 0.217 e. The molecule has 5 nitrogen and oxygen atoms in total. The third-order valence-corrected chi connectivity index (χ3v) is 3.52. The van der Waals surface area contributed by atoms with Gasteiger partial charge in [0.1, 0.15) is 5.76 Å². The number of rotatable bonds is 4. The predicted molar refractivity (Wildman–Crippen MR) is 76.0 cm³/mol. The molecule has 0 saturated carbocycles. The first-order valence-corrected chi connectivity index (χ1v) is 6.60. The Morgan fingerprint density at radius 2 is 2.10 bits per heavy atom. The Kier molecular flexibility index (Phi) is 4.42. The molecule has 5 heteroatoms. The molecule has 1 aromatic carbocycles. The van der Waals surface area contributed by atoms with Gasteiger partial charge in [0.05, 0.1) is 18.2 Å². The number of aliphatic hydroxyl groups is 2. The number of amides is 1. The smallest absolute Gasteiger partial charge is 0.217 e. The molecule has 1 amide bonds. The van der Waals surface area contributed by atoms with Crippen molar-refractivity contribution >= 4 is 5.91 Å². The van der Waals surface area contributed by atoms with Gasteiger partial charge in [-0.3, -0.25) is 9.69 Å². The van der Waals surface area contributed by atoms with E-state index >= 15 is 0 Å². The molecule has 3 atom stereocenters. The third kappa shape index (κ3) is 3.18. The van der Waals surface area contributed by atoms with E-state index in [1.165, 1.54) is 6.92 Å². The highest BCUT2D eigenvalue weighted by atomic mass is 16.3. The second-order valence-corrected chi connectivity index (χ2v) is 5.15. The molecule has 1 saturated heterocycles. The molecule has 0 spiro atoms. The summed E-state index contributed by atoms with van der Waals surface area (Å²) in [5.74, 6) is -0.279. The number of benzene rings is 1. The first-order chi connectivity index (χ1) is 9.49. The molecule has 108 valence electrons. The van der Waals surface area contributed by atoms with Gasteiger partial charge in [0, 0.05) is 20.0 Å². The lowest BCUT2D eigenvalue weighted by molar-refractivity contribution is -0.120. The van der Waals surface area contributed by atoms with Crippen molar-refractivity contribution in [1.82, 2.24) is 10.2 Å². The highest BCUT2D eigenvalue weighted by Crippen LogP contribution is 2.25. The Morgan fingerprint density at radius 1 is 1.45 bits per heavy atom. The molecule has 1 heterocycles. The van der Waals surface area contributed by atoms with E-state index in [4.69, 9.17) is 0 Å². The quantitative estimate of drug-likeness (QED) is 0.712. The van der Waals surface area contributed by atoms with Crippen LogP contribution in [0.3, 0.4) is 0 Å². The van der Waals surface area contributed by atoms with Crippen LogP contribution in [-0.2, 0) is 11.3 Å². The maximum atomic E-state index is 11.2. The van der Waals surface area contributed by atoms with Gasteiger partial charge in [0.25, 0.3) is 0 Å². The van der Waals surface area contributed by atoms with Crippen molar-refractivity contribution in [2.75, 3.05) is 6.54 Å². The Labute approximate surface area is 118 Å². The van der Waals surface area contributed by atoms with Gasteiger partial charge >= 0.3 is 0 Å². The van der Waals surface area contributed by atoms with Crippen molar-refractivity contribution in [3.8, 4) is 0 Å². The average molecular weight is 276 g/mol. The van der Waals surface area contributed by atoms with Gasteiger partial charge in [-0.15, -0.1) is 0 Å². The van der Waals surface area contributed by atoms with Crippen LogP contribution in [0.5, 0.6) is 0 Å². The minimum Gasteiger partial charge on any atom is -0.511 e. The zero-order valence-electron chi connectivity index (χ0n) is 11.5. The van der Waals surface area contributed by atoms with Gasteiger partial charge < -0.3 is 15.5 Å². The van der Waals surface area contributed by atoms with Gasteiger partial charge in [-0.05, 0) is 5.56 Å². The number of hydrogen-bond donors (Lipinski definition) is 3. The Morgan fingerprint density at radius 3 is 2.65 bits per heavy atom. The lowest BCUT2D eigenvalue weighted by Gasteiger charge is -2.24. The first-order valence-electron chi connectivity index (χ1n) is 6.60. The molecule has 1 fully saturated rings. The van der Waals surface area contributed by atoms with Gasteiger partial charge in [-0.2, -0.15) is 0 Å². The average Bonchev–Trinajstić information content (AvgIpc) is 2.66. The molecule has 0 radical (unpaired) electrons. The molecule has 0 aliphatic carbocycles. The number of carbonyl (C=O) groups is 1. The normalized spacial score (nSPS) is 26.4. The number of carbonyl (C=O) groups excluding carboxylic acids is 1. The summed E-state index contributed by atoms with van der Waals surface area (Å²) in [5.41, 5.74) is 1.08. The van der Waals surface area contributed by atoms with Crippen LogP contribution in [0.15, 0.2) is 42.7 Å². The fourth-order valence-electron chi connectivity index (χ4n) is 2.69. The topological polar surface area (TPSA) is 72.8 Å². The molecule has 0 aromatic heterocycles. The van der Waals surface area contributed by atoms with Crippen LogP contribution in [0.25, 0.3) is 0 Å². The summed E-state index contributed by atoms with van der Waals surface area (Å²) in [5, 5.41) is 22.7. The second kappa shape index (κ2) is 6.07. The van der Waals surface area contributed by atoms with E-state index in [-0.39, 0.29) is 11.7 Å². The van der Waals surface area contributed by atoms with Crippen LogP contribution >= 0.6 is 0 Å². The van der Waals surface area contributed by atoms with Crippen LogP contribution in [0.4, 0.5) is 0 Å². The lowest BCUT2D eigenvalue weighted by Crippen LogP contribution is -2.43. The lowest BCUT2D eigenvalue weighted by atomic mass is 10.1. The second-order valence-electron chi connectivity index (χ2n) is 5.15. The molecule has 3 N–H and O–H groups in total. The number of aliphatic hydroxyl groups excluding tert-OH is 2. The van der Waals surface area contributed by atoms with Gasteiger partial charge in [-0.25, -0.2) is 0 Å². The Hall–Kier alpha value is -1.85. The number of nitrogens with one attached hydrogen (secondary N) is 1. The van der Waals surface area contributed by atoms with Crippen molar-refractivity contribution in [3.63, 3.8) is 0 Å². The fraction of sp³-hybridized carbons (Fsp3) is 0.400. The van der Waals surface area contributed by atoms with E-state index in [0.717, 1.165) is 5.56 Å². The minimum atomic E-state index is -0.861. The van der Waals surface area contributed by atoms with Crippen molar-refractivity contribution < 1.29 is 15.0 Å². The highest BCUT2D eigenvalue weighted by Gasteiger charge is 2.42. The first kappa shape index (κ1) is 14.6. The summed E-state index contributed by atoms with van der Waals surface area (Å²) in [6, 6.07) is 8.82. The number of nitrogens with zero attached hydrogens (tertiary/aromatic N) is 1. The zero-order chi connectivity index (χ0) is 14.7. The monoisotopic (exact) mass is 276 g/mol. The predicted octanol–water partition coefficient (Wildman–Crippen LogP) is 0.808. The van der Waals surface area contributed by atoms with E-state index in [0.29, 0.717) is 13.1 Å². The molecule has 1 aliphatic heterocycles. The van der Waals surface area contributed by atoms with Crippen LogP contribution in [-0.4, -0.2) is 45.8 Å². The highest BCUT2D eigenvalue weighted by molar-refractivity contribution is 5.73. The zero-order valence-corrected chi connectivity index (χ0v) is 11.5. The van der Waals surface area contributed by atoms with Crippen molar-refractivity contribution in [3.05, 3.63) is 48.2 Å². The Balaban J connectivity index is 2.14. The molecule has 20 heavy (non-hydrogen) atoms. The summed E-state index contributed by atoms with van der Waals surface area (Å²) in [6.07, 6.45) is -0.861. The molecule has 0 unspecified atom stereocenters. The van der Waals surface area contributed by atoms with Crippen molar-refractivity contribution in [2.45, 2.75) is 31.7 Å². The summed E-state index contributed by atoms with van der Waals surface area (Å²) in [7, 11) is 0. The molecule has 2 rings (SSSR count). The van der Waals surface area contributed by atoms with Crippen molar-refractivity contribution in [2.24, 2.45) is 0 Å². The van der Waals surface area contributed by atoms with Crippen LogP contribution in [0.1, 0.15) is 12.5 Å². The Bertz CT molecular complexity index is 489. The summed E-state index contributed by atoms with van der Waals surface area (Å²) >= 11 is 0. The third-order valence-electron chi connectivity index (χ3n) is 3.52.